The van der Waals surface area contributed by atoms with Crippen molar-refractivity contribution < 1.29 is 14.8 Å². The Morgan fingerprint density at radius 3 is 2.71 bits per heavy atom. The van der Waals surface area contributed by atoms with Gasteiger partial charge in [-0.3, -0.25) is 19.6 Å². The maximum Gasteiger partial charge on any atom is 0.312 e. The van der Waals surface area contributed by atoms with Crippen LogP contribution in [0.2, 0.25) is 0 Å². The van der Waals surface area contributed by atoms with Gasteiger partial charge >= 0.3 is 5.69 Å². The van der Waals surface area contributed by atoms with Crippen LogP contribution >= 0.6 is 0 Å². The molecule has 0 saturated carbocycles. The molecule has 0 bridgehead atoms. The largest absolute Gasteiger partial charge is 0.388 e. The lowest BCUT2D eigenvalue weighted by atomic mass is 9.95. The first-order chi connectivity index (χ1) is 9.71. The molecule has 1 fully saturated rings. The van der Waals surface area contributed by atoms with E-state index < -0.39 is 10.5 Å². The number of hydrogen-bond acceptors (Lipinski definition) is 5. The Labute approximate surface area is 122 Å². The summed E-state index contributed by atoms with van der Waals surface area (Å²) in [5, 5.41) is 25.0. The number of nitrogens with zero attached hydrogens (tertiary/aromatic N) is 4. The molecule has 0 aliphatic carbocycles. The molecule has 1 atom stereocenters. The number of piperidine rings is 1. The zero-order chi connectivity index (χ0) is 15.8. The van der Waals surface area contributed by atoms with Gasteiger partial charge in [0.05, 0.1) is 10.5 Å². The van der Waals surface area contributed by atoms with E-state index in [1.54, 1.807) is 25.7 Å². The number of carbonyl (C=O) groups is 1. The average Bonchev–Trinajstić information content (AvgIpc) is 2.63. The molecule has 8 nitrogen and oxygen atoms in total. The topological polar surface area (TPSA) is 102 Å². The molecule has 1 aliphatic heterocycles. The molecule has 2 rings (SSSR count). The highest BCUT2D eigenvalue weighted by Gasteiger charge is 2.31. The SMILES string of the molecule is Cc1nn(CC(=O)N2CCCC(C)(O)C2)c(C)c1[N+](=O)[O-]. The van der Waals surface area contributed by atoms with Crippen molar-refractivity contribution in [2.45, 2.75) is 45.8 Å². The fraction of sp³-hybridized carbons (Fsp3) is 0.692. The third kappa shape index (κ3) is 3.21. The van der Waals surface area contributed by atoms with Gasteiger partial charge in [-0.15, -0.1) is 0 Å². The monoisotopic (exact) mass is 296 g/mol. The summed E-state index contributed by atoms with van der Waals surface area (Å²) in [4.78, 5) is 24.3. The molecule has 1 unspecified atom stereocenters. The number of β-amino-alcohol motifs (C(OH)–C–C–N with tert-alkyl or cyclic N) is 1. The number of aryl methyl sites for hydroxylation is 1. The van der Waals surface area contributed by atoms with Crippen LogP contribution in [0.4, 0.5) is 5.69 Å². The summed E-state index contributed by atoms with van der Waals surface area (Å²) in [5.74, 6) is -0.185. The minimum Gasteiger partial charge on any atom is -0.388 e. The Morgan fingerprint density at radius 1 is 1.52 bits per heavy atom. The predicted molar refractivity (Wildman–Crippen MR) is 74.8 cm³/mol. The Hall–Kier alpha value is -1.96. The Balaban J connectivity index is 2.13. The summed E-state index contributed by atoms with van der Waals surface area (Å²) in [7, 11) is 0. The van der Waals surface area contributed by atoms with Crippen LogP contribution in [0, 0.1) is 24.0 Å². The summed E-state index contributed by atoms with van der Waals surface area (Å²) in [6, 6.07) is 0. The Bertz CT molecular complexity index is 579. The maximum absolute atomic E-state index is 12.3. The molecule has 21 heavy (non-hydrogen) atoms. The minimum atomic E-state index is -0.866. The van der Waals surface area contributed by atoms with E-state index in [2.05, 4.69) is 5.10 Å². The van der Waals surface area contributed by atoms with Crippen molar-refractivity contribution in [3.05, 3.63) is 21.5 Å². The maximum atomic E-state index is 12.3. The van der Waals surface area contributed by atoms with Crippen molar-refractivity contribution in [3.63, 3.8) is 0 Å². The molecule has 0 aromatic carbocycles. The molecule has 1 aromatic heterocycles. The van der Waals surface area contributed by atoms with Crippen LogP contribution < -0.4 is 0 Å². The van der Waals surface area contributed by atoms with Crippen molar-refractivity contribution in [3.8, 4) is 0 Å². The van der Waals surface area contributed by atoms with E-state index in [4.69, 9.17) is 0 Å². The molecule has 8 heteroatoms. The van der Waals surface area contributed by atoms with Crippen LogP contribution in [-0.4, -0.2) is 49.3 Å². The lowest BCUT2D eigenvalue weighted by Crippen LogP contribution is -2.49. The highest BCUT2D eigenvalue weighted by molar-refractivity contribution is 5.76. The number of likely N-dealkylation sites (tertiary alicyclic amines) is 1. The second-order valence-electron chi connectivity index (χ2n) is 5.85. The van der Waals surface area contributed by atoms with Crippen molar-refractivity contribution in [1.29, 1.82) is 0 Å². The lowest BCUT2D eigenvalue weighted by Gasteiger charge is -2.36. The van der Waals surface area contributed by atoms with Gasteiger partial charge in [0, 0.05) is 13.1 Å². The highest BCUT2D eigenvalue weighted by Crippen LogP contribution is 2.23. The first-order valence-electron chi connectivity index (χ1n) is 6.90. The van der Waals surface area contributed by atoms with Gasteiger partial charge in [-0.25, -0.2) is 0 Å². The van der Waals surface area contributed by atoms with Crippen LogP contribution in [0.3, 0.4) is 0 Å². The van der Waals surface area contributed by atoms with Gasteiger partial charge in [-0.1, -0.05) is 0 Å². The minimum absolute atomic E-state index is 0.0450. The van der Waals surface area contributed by atoms with Gasteiger partial charge in [-0.05, 0) is 33.6 Å². The number of aliphatic hydroxyl groups is 1. The Morgan fingerprint density at radius 2 is 2.19 bits per heavy atom. The fourth-order valence-electron chi connectivity index (χ4n) is 2.77. The van der Waals surface area contributed by atoms with Crippen molar-refractivity contribution in [1.82, 2.24) is 14.7 Å². The number of aromatic nitrogens is 2. The summed E-state index contributed by atoms with van der Waals surface area (Å²) >= 11 is 0. The third-order valence-corrected chi connectivity index (χ3v) is 3.84. The zero-order valence-corrected chi connectivity index (χ0v) is 12.5. The van der Waals surface area contributed by atoms with Gasteiger partial charge in [0.1, 0.15) is 17.9 Å². The Kier molecular flexibility index (Phi) is 3.99. The van der Waals surface area contributed by atoms with Gasteiger partial charge in [0.15, 0.2) is 0 Å². The molecule has 2 heterocycles. The van der Waals surface area contributed by atoms with E-state index in [1.165, 1.54) is 4.68 Å². The highest BCUT2D eigenvalue weighted by atomic mass is 16.6. The molecular weight excluding hydrogens is 276 g/mol. The van der Waals surface area contributed by atoms with Gasteiger partial charge in [-0.2, -0.15) is 5.10 Å². The second-order valence-corrected chi connectivity index (χ2v) is 5.85. The van der Waals surface area contributed by atoms with Gasteiger partial charge in [0.2, 0.25) is 5.91 Å². The lowest BCUT2D eigenvalue weighted by molar-refractivity contribution is -0.386. The molecule has 116 valence electrons. The summed E-state index contributed by atoms with van der Waals surface area (Å²) in [6.45, 7) is 5.68. The van der Waals surface area contributed by atoms with Crippen molar-refractivity contribution >= 4 is 11.6 Å². The number of carbonyl (C=O) groups excluding carboxylic acids is 1. The first-order valence-corrected chi connectivity index (χ1v) is 6.90. The molecule has 1 aromatic rings. The van der Waals surface area contributed by atoms with E-state index in [0.29, 0.717) is 24.4 Å². The molecule has 1 N–H and O–H groups in total. The standard InChI is InChI=1S/C13H20N4O4/c1-9-12(17(20)21)10(2)16(14-9)7-11(18)15-6-4-5-13(3,19)8-15/h19H,4-8H2,1-3H3. The zero-order valence-electron chi connectivity index (χ0n) is 12.5. The predicted octanol–water partition coefficient (Wildman–Crippen LogP) is 0.782. The van der Waals surface area contributed by atoms with Gasteiger partial charge < -0.3 is 10.0 Å². The molecule has 0 radical (unpaired) electrons. The average molecular weight is 296 g/mol. The molecule has 0 spiro atoms. The fourth-order valence-corrected chi connectivity index (χ4v) is 2.77. The van der Waals surface area contributed by atoms with Crippen LogP contribution in [-0.2, 0) is 11.3 Å². The van der Waals surface area contributed by atoms with Gasteiger partial charge in [0.25, 0.3) is 0 Å². The quantitative estimate of drug-likeness (QED) is 0.656. The number of amides is 1. The summed E-state index contributed by atoms with van der Waals surface area (Å²) in [5.41, 5.74) is -0.242. The van der Waals surface area contributed by atoms with E-state index in [9.17, 15) is 20.0 Å². The molecular formula is C13H20N4O4. The van der Waals surface area contributed by atoms with E-state index in [1.807, 2.05) is 0 Å². The molecule has 1 saturated heterocycles. The third-order valence-electron chi connectivity index (χ3n) is 3.84. The van der Waals surface area contributed by atoms with Crippen LogP contribution in [0.5, 0.6) is 0 Å². The number of hydrogen-bond donors (Lipinski definition) is 1. The normalized spacial score (nSPS) is 22.4. The first kappa shape index (κ1) is 15.4. The summed E-state index contributed by atoms with van der Waals surface area (Å²) < 4.78 is 1.36. The number of nitro groups is 1. The summed E-state index contributed by atoms with van der Waals surface area (Å²) in [6.07, 6.45) is 1.41. The van der Waals surface area contributed by atoms with Crippen molar-refractivity contribution in [2.75, 3.05) is 13.1 Å². The van der Waals surface area contributed by atoms with Crippen LogP contribution in [0.1, 0.15) is 31.2 Å². The second kappa shape index (κ2) is 5.44. The van der Waals surface area contributed by atoms with Crippen molar-refractivity contribution in [2.24, 2.45) is 0 Å². The van der Waals surface area contributed by atoms with E-state index in [0.717, 1.165) is 6.42 Å². The molecule has 1 aliphatic rings. The number of rotatable bonds is 3. The smallest absolute Gasteiger partial charge is 0.312 e. The van der Waals surface area contributed by atoms with Crippen LogP contribution in [0.15, 0.2) is 0 Å². The molecule has 1 amide bonds. The van der Waals surface area contributed by atoms with Crippen LogP contribution in [0.25, 0.3) is 0 Å². The van der Waals surface area contributed by atoms with E-state index >= 15 is 0 Å². The van der Waals surface area contributed by atoms with E-state index in [-0.39, 0.29) is 24.7 Å².